The van der Waals surface area contributed by atoms with Crippen LogP contribution in [0.1, 0.15) is 55.3 Å². The average Bonchev–Trinajstić information content (AvgIpc) is 3.37. The normalized spacial score (nSPS) is 20.6. The lowest BCUT2D eigenvalue weighted by atomic mass is 9.77. The lowest BCUT2D eigenvalue weighted by Crippen LogP contribution is -2.28. The maximum absolute atomic E-state index is 5.80. The zero-order valence-electron chi connectivity index (χ0n) is 19.9. The number of rotatable bonds is 8. The average molecular weight is 453 g/mol. The van der Waals surface area contributed by atoms with E-state index in [0.717, 1.165) is 35.6 Å². The second-order valence-electron chi connectivity index (χ2n) is 8.90. The van der Waals surface area contributed by atoms with Crippen molar-refractivity contribution in [1.29, 1.82) is 0 Å². The van der Waals surface area contributed by atoms with E-state index >= 15 is 0 Å². The van der Waals surface area contributed by atoms with Gasteiger partial charge < -0.3 is 14.8 Å². The Morgan fingerprint density at radius 3 is 2.65 bits per heavy atom. The summed E-state index contributed by atoms with van der Waals surface area (Å²) < 4.78 is 11.6. The summed E-state index contributed by atoms with van der Waals surface area (Å²) in [5.41, 5.74) is 5.89. The fourth-order valence-electron chi connectivity index (χ4n) is 4.99. The zero-order valence-corrected chi connectivity index (χ0v) is 19.9. The number of allylic oxidation sites excluding steroid dienone is 2. The molecule has 1 aliphatic carbocycles. The molecule has 0 fully saturated rings. The molecule has 1 aliphatic heterocycles. The van der Waals surface area contributed by atoms with Gasteiger partial charge in [0.15, 0.2) is 11.5 Å². The number of hydrogen-bond acceptors (Lipinski definition) is 4. The molecule has 0 saturated heterocycles. The number of nitrogens with zero attached hydrogens (tertiary/aromatic N) is 1. The second-order valence-corrected chi connectivity index (χ2v) is 8.90. The summed E-state index contributed by atoms with van der Waals surface area (Å²) in [5.74, 6) is 2.59. The summed E-state index contributed by atoms with van der Waals surface area (Å²) in [7, 11) is 0. The lowest BCUT2D eigenvalue weighted by Gasteiger charge is -2.37. The Morgan fingerprint density at radius 2 is 1.82 bits per heavy atom. The van der Waals surface area contributed by atoms with Crippen molar-refractivity contribution in [2.24, 2.45) is 10.9 Å². The van der Waals surface area contributed by atoms with E-state index in [1.54, 1.807) is 0 Å². The Hall–Kier alpha value is -3.53. The highest BCUT2D eigenvalue weighted by molar-refractivity contribution is 5.83. The van der Waals surface area contributed by atoms with Crippen molar-refractivity contribution in [2.75, 3.05) is 18.5 Å². The van der Waals surface area contributed by atoms with Crippen molar-refractivity contribution in [1.82, 2.24) is 0 Å². The van der Waals surface area contributed by atoms with Gasteiger partial charge in [-0.25, -0.2) is 0 Å². The fourth-order valence-corrected chi connectivity index (χ4v) is 4.99. The van der Waals surface area contributed by atoms with E-state index in [1.807, 2.05) is 31.3 Å². The molecule has 4 nitrogen and oxygen atoms in total. The van der Waals surface area contributed by atoms with Gasteiger partial charge in [-0.1, -0.05) is 49.4 Å². The van der Waals surface area contributed by atoms with E-state index in [2.05, 4.69) is 72.9 Å². The van der Waals surface area contributed by atoms with Crippen molar-refractivity contribution < 1.29 is 9.47 Å². The predicted octanol–water partition coefficient (Wildman–Crippen LogP) is 7.45. The van der Waals surface area contributed by atoms with Crippen LogP contribution in [0.4, 0.5) is 11.4 Å². The Morgan fingerprint density at radius 1 is 0.971 bits per heavy atom. The van der Waals surface area contributed by atoms with Crippen LogP contribution in [0.2, 0.25) is 0 Å². The number of para-hydroxylation sites is 1. The van der Waals surface area contributed by atoms with E-state index in [1.165, 1.54) is 16.8 Å². The van der Waals surface area contributed by atoms with Crippen molar-refractivity contribution in [3.05, 3.63) is 95.6 Å². The van der Waals surface area contributed by atoms with Gasteiger partial charge in [0.05, 0.1) is 24.9 Å². The van der Waals surface area contributed by atoms with Crippen LogP contribution >= 0.6 is 0 Å². The molecule has 0 radical (unpaired) electrons. The fraction of sp³-hybridized carbons (Fsp3) is 0.300. The van der Waals surface area contributed by atoms with Gasteiger partial charge >= 0.3 is 0 Å². The number of ether oxygens (including phenoxy) is 2. The molecule has 3 atom stereocenters. The third kappa shape index (κ3) is 4.58. The van der Waals surface area contributed by atoms with E-state index < -0.39 is 0 Å². The van der Waals surface area contributed by atoms with Gasteiger partial charge in [0.1, 0.15) is 0 Å². The highest BCUT2D eigenvalue weighted by Crippen LogP contribution is 2.49. The first-order chi connectivity index (χ1) is 16.8. The van der Waals surface area contributed by atoms with Crippen LogP contribution in [0.5, 0.6) is 11.5 Å². The molecule has 0 bridgehead atoms. The molecule has 5 rings (SSSR count). The van der Waals surface area contributed by atoms with Gasteiger partial charge in [0.25, 0.3) is 0 Å². The molecule has 0 amide bonds. The standard InChI is InChI=1S/C30H32N2O2/c1-3-18-34-28-17-12-21(19-29(28)33-4-2)20-31-23-15-13-22(14-16-23)30-26-10-7-9-24(26)25-8-5-6-11-27(25)32-30/h5-9,11-17,19-20,24,26,30,32H,3-4,10,18H2,1-2H3/t24-,26+,30-/m0/s1. The minimum absolute atomic E-state index is 0.303. The van der Waals surface area contributed by atoms with Gasteiger partial charge in [-0.3, -0.25) is 4.99 Å². The Labute approximate surface area is 202 Å². The molecule has 0 saturated carbocycles. The van der Waals surface area contributed by atoms with E-state index in [9.17, 15) is 0 Å². The third-order valence-electron chi connectivity index (χ3n) is 6.62. The summed E-state index contributed by atoms with van der Waals surface area (Å²) in [5, 5.41) is 3.80. The van der Waals surface area contributed by atoms with Gasteiger partial charge in [-0.2, -0.15) is 0 Å². The molecule has 0 unspecified atom stereocenters. The van der Waals surface area contributed by atoms with Crippen LogP contribution in [-0.4, -0.2) is 19.4 Å². The highest BCUT2D eigenvalue weighted by Gasteiger charge is 2.37. The van der Waals surface area contributed by atoms with Crippen molar-refractivity contribution in [2.45, 2.75) is 38.6 Å². The van der Waals surface area contributed by atoms with Crippen molar-refractivity contribution in [3.8, 4) is 11.5 Å². The molecule has 1 N–H and O–H groups in total. The van der Waals surface area contributed by atoms with Crippen LogP contribution in [0.25, 0.3) is 0 Å². The van der Waals surface area contributed by atoms with Crippen LogP contribution in [0.15, 0.2) is 83.9 Å². The summed E-state index contributed by atoms with van der Waals surface area (Å²) in [6.07, 6.45) is 8.67. The van der Waals surface area contributed by atoms with Crippen LogP contribution in [-0.2, 0) is 0 Å². The molecule has 174 valence electrons. The first kappa shape index (κ1) is 22.3. The van der Waals surface area contributed by atoms with E-state index in [0.29, 0.717) is 31.1 Å². The second kappa shape index (κ2) is 10.2. The van der Waals surface area contributed by atoms with Crippen LogP contribution in [0, 0.1) is 5.92 Å². The number of aliphatic imine (C=N–C) groups is 1. The Kier molecular flexibility index (Phi) is 6.66. The molecule has 0 spiro atoms. The number of benzene rings is 3. The molecule has 4 heteroatoms. The first-order valence-electron chi connectivity index (χ1n) is 12.3. The summed E-state index contributed by atoms with van der Waals surface area (Å²) in [4.78, 5) is 4.70. The van der Waals surface area contributed by atoms with E-state index in [4.69, 9.17) is 14.5 Å². The first-order valence-corrected chi connectivity index (χ1v) is 12.3. The molecule has 34 heavy (non-hydrogen) atoms. The quantitative estimate of drug-likeness (QED) is 0.285. The van der Waals surface area contributed by atoms with Crippen molar-refractivity contribution in [3.63, 3.8) is 0 Å². The minimum atomic E-state index is 0.303. The molecule has 1 heterocycles. The Bertz CT molecular complexity index is 1180. The molecule has 3 aromatic rings. The topological polar surface area (TPSA) is 42.8 Å². The van der Waals surface area contributed by atoms with Gasteiger partial charge in [-0.15, -0.1) is 0 Å². The van der Waals surface area contributed by atoms with Crippen LogP contribution in [0.3, 0.4) is 0 Å². The largest absolute Gasteiger partial charge is 0.490 e. The van der Waals surface area contributed by atoms with Gasteiger partial charge in [0.2, 0.25) is 0 Å². The molecular weight excluding hydrogens is 420 g/mol. The smallest absolute Gasteiger partial charge is 0.161 e. The molecular formula is C30H32N2O2. The third-order valence-corrected chi connectivity index (χ3v) is 6.62. The number of nitrogens with one attached hydrogen (secondary N) is 1. The number of hydrogen-bond donors (Lipinski definition) is 1. The molecule has 2 aliphatic rings. The zero-order chi connectivity index (χ0) is 23.3. The predicted molar refractivity (Wildman–Crippen MR) is 140 cm³/mol. The van der Waals surface area contributed by atoms with Gasteiger partial charge in [0, 0.05) is 17.8 Å². The summed E-state index contributed by atoms with van der Waals surface area (Å²) in [6, 6.07) is 23.6. The summed E-state index contributed by atoms with van der Waals surface area (Å²) >= 11 is 0. The summed E-state index contributed by atoms with van der Waals surface area (Å²) in [6.45, 7) is 5.36. The highest BCUT2D eigenvalue weighted by atomic mass is 16.5. The molecule has 3 aromatic carbocycles. The van der Waals surface area contributed by atoms with Crippen molar-refractivity contribution >= 4 is 17.6 Å². The number of fused-ring (bicyclic) bond motifs is 3. The maximum atomic E-state index is 5.80. The lowest BCUT2D eigenvalue weighted by molar-refractivity contribution is 0.277. The van der Waals surface area contributed by atoms with E-state index in [-0.39, 0.29) is 0 Å². The van der Waals surface area contributed by atoms with Crippen LogP contribution < -0.4 is 14.8 Å². The molecule has 0 aromatic heterocycles. The maximum Gasteiger partial charge on any atom is 0.161 e. The van der Waals surface area contributed by atoms with Gasteiger partial charge in [-0.05, 0) is 78.8 Å². The minimum Gasteiger partial charge on any atom is -0.490 e. The monoisotopic (exact) mass is 452 g/mol. The number of anilines is 1. The Balaban J connectivity index is 1.32. The SMILES string of the molecule is CCCOc1ccc(C=Nc2ccc([C@@H]3Nc4ccccc4[C@@H]4C=CC[C@H]43)cc2)cc1OCC.